The Kier molecular flexibility index (Phi) is 5.36. The van der Waals surface area contributed by atoms with Crippen LogP contribution in [-0.4, -0.2) is 52.9 Å². The second kappa shape index (κ2) is 8.24. The standard InChI is InChI=1S/C18H16N6O3S/c19-9-12-10-20-17(24-5-7-26-8-6-24)23-16(12)22-15(25)11-28-18-21-13-3-1-2-4-14(13)27-18/h1-4,10H,5-8,11H2,(H,20,22,23,25). The lowest BCUT2D eigenvalue weighted by molar-refractivity contribution is -0.113. The van der Waals surface area contributed by atoms with Crippen molar-refractivity contribution in [3.8, 4) is 6.07 Å². The first kappa shape index (κ1) is 18.2. The highest BCUT2D eigenvalue weighted by molar-refractivity contribution is 7.99. The van der Waals surface area contributed by atoms with Crippen LogP contribution in [0.2, 0.25) is 0 Å². The van der Waals surface area contributed by atoms with Crippen molar-refractivity contribution in [1.82, 2.24) is 15.0 Å². The molecule has 1 saturated heterocycles. The summed E-state index contributed by atoms with van der Waals surface area (Å²) < 4.78 is 10.9. The number of carbonyl (C=O) groups is 1. The molecule has 1 aliphatic rings. The Bertz CT molecular complexity index is 1010. The molecule has 1 amide bonds. The summed E-state index contributed by atoms with van der Waals surface area (Å²) in [6, 6.07) is 9.40. The topological polar surface area (TPSA) is 117 Å². The number of benzene rings is 1. The van der Waals surface area contributed by atoms with Crippen LogP contribution in [0.3, 0.4) is 0 Å². The molecule has 28 heavy (non-hydrogen) atoms. The minimum Gasteiger partial charge on any atom is -0.431 e. The second-order valence-corrected chi connectivity index (χ2v) is 6.85. The molecular formula is C18H16N6O3S. The second-order valence-electron chi connectivity index (χ2n) is 5.93. The summed E-state index contributed by atoms with van der Waals surface area (Å²) in [5, 5.41) is 12.4. The zero-order chi connectivity index (χ0) is 19.3. The normalized spacial score (nSPS) is 14.0. The quantitative estimate of drug-likeness (QED) is 0.647. The number of thioether (sulfide) groups is 1. The van der Waals surface area contributed by atoms with Crippen molar-refractivity contribution >= 4 is 40.5 Å². The maximum Gasteiger partial charge on any atom is 0.257 e. The fourth-order valence-corrected chi connectivity index (χ4v) is 3.31. The van der Waals surface area contributed by atoms with Gasteiger partial charge in [-0.1, -0.05) is 23.9 Å². The first-order valence-electron chi connectivity index (χ1n) is 8.61. The average Bonchev–Trinajstić information content (AvgIpc) is 3.16. The van der Waals surface area contributed by atoms with Crippen LogP contribution in [0.15, 0.2) is 40.1 Å². The molecule has 3 aromatic rings. The van der Waals surface area contributed by atoms with Crippen molar-refractivity contribution in [2.75, 3.05) is 42.3 Å². The highest BCUT2D eigenvalue weighted by Crippen LogP contribution is 2.23. The van der Waals surface area contributed by atoms with Gasteiger partial charge < -0.3 is 19.4 Å². The van der Waals surface area contributed by atoms with Gasteiger partial charge in [0.05, 0.1) is 25.2 Å². The van der Waals surface area contributed by atoms with Crippen molar-refractivity contribution in [2.24, 2.45) is 0 Å². The van der Waals surface area contributed by atoms with Gasteiger partial charge in [0.2, 0.25) is 11.9 Å². The number of nitriles is 1. The van der Waals surface area contributed by atoms with E-state index in [1.807, 2.05) is 35.2 Å². The summed E-state index contributed by atoms with van der Waals surface area (Å²) in [6.45, 7) is 2.50. The number of fused-ring (bicyclic) bond motifs is 1. The van der Waals surface area contributed by atoms with Crippen molar-refractivity contribution < 1.29 is 13.9 Å². The number of oxazole rings is 1. The molecule has 0 saturated carbocycles. The Labute approximate surface area is 164 Å². The summed E-state index contributed by atoms with van der Waals surface area (Å²) in [5.74, 6) is 0.427. The number of nitrogens with one attached hydrogen (secondary N) is 1. The predicted octanol–water partition coefficient (Wildman–Crippen LogP) is 2.06. The van der Waals surface area contributed by atoms with Crippen LogP contribution >= 0.6 is 11.8 Å². The van der Waals surface area contributed by atoms with E-state index in [0.29, 0.717) is 43.1 Å². The van der Waals surface area contributed by atoms with Gasteiger partial charge in [0.15, 0.2) is 11.4 Å². The third-order valence-corrected chi connectivity index (χ3v) is 4.88. The number of aromatic nitrogens is 3. The lowest BCUT2D eigenvalue weighted by Gasteiger charge is -2.26. The van der Waals surface area contributed by atoms with Gasteiger partial charge >= 0.3 is 0 Å². The summed E-state index contributed by atoms with van der Waals surface area (Å²) in [7, 11) is 0. The number of ether oxygens (including phenoxy) is 1. The van der Waals surface area contributed by atoms with Gasteiger partial charge in [-0.25, -0.2) is 9.97 Å². The number of anilines is 2. The van der Waals surface area contributed by atoms with Crippen LogP contribution in [0.4, 0.5) is 11.8 Å². The van der Waals surface area contributed by atoms with Crippen molar-refractivity contribution in [2.45, 2.75) is 5.22 Å². The fourth-order valence-electron chi connectivity index (χ4n) is 2.67. The third-order valence-electron chi connectivity index (χ3n) is 4.05. The Morgan fingerprint density at radius 3 is 2.89 bits per heavy atom. The largest absolute Gasteiger partial charge is 0.431 e. The lowest BCUT2D eigenvalue weighted by Crippen LogP contribution is -2.37. The Morgan fingerprint density at radius 2 is 2.11 bits per heavy atom. The summed E-state index contributed by atoms with van der Waals surface area (Å²) in [4.78, 5) is 27.2. The van der Waals surface area contributed by atoms with E-state index in [-0.39, 0.29) is 23.0 Å². The van der Waals surface area contributed by atoms with E-state index in [1.165, 1.54) is 18.0 Å². The number of hydrogen-bond donors (Lipinski definition) is 1. The maximum atomic E-state index is 12.4. The summed E-state index contributed by atoms with van der Waals surface area (Å²) in [5.41, 5.74) is 1.61. The van der Waals surface area contributed by atoms with E-state index in [0.717, 1.165) is 5.52 Å². The van der Waals surface area contributed by atoms with E-state index in [2.05, 4.69) is 20.3 Å². The predicted molar refractivity (Wildman–Crippen MR) is 103 cm³/mol. The van der Waals surface area contributed by atoms with Crippen molar-refractivity contribution in [3.05, 3.63) is 36.0 Å². The Hall–Kier alpha value is -3.16. The van der Waals surface area contributed by atoms with Gasteiger partial charge in [-0.3, -0.25) is 4.79 Å². The fraction of sp³-hybridized carbons (Fsp3) is 0.278. The van der Waals surface area contributed by atoms with Gasteiger partial charge in [0.25, 0.3) is 5.22 Å². The zero-order valence-corrected chi connectivity index (χ0v) is 15.6. The molecule has 1 fully saturated rings. The average molecular weight is 396 g/mol. The number of hydrogen-bond acceptors (Lipinski definition) is 9. The van der Waals surface area contributed by atoms with Crippen molar-refractivity contribution in [1.29, 1.82) is 5.26 Å². The van der Waals surface area contributed by atoms with Gasteiger partial charge in [-0.15, -0.1) is 0 Å². The van der Waals surface area contributed by atoms with Gasteiger partial charge in [0, 0.05) is 13.1 Å². The molecule has 10 heteroatoms. The molecule has 0 bridgehead atoms. The summed E-state index contributed by atoms with van der Waals surface area (Å²) in [6.07, 6.45) is 1.42. The molecule has 9 nitrogen and oxygen atoms in total. The first-order valence-corrected chi connectivity index (χ1v) is 9.59. The molecule has 4 rings (SSSR count). The molecule has 0 unspecified atom stereocenters. The number of morpholine rings is 1. The number of amides is 1. The minimum absolute atomic E-state index is 0.0780. The van der Waals surface area contributed by atoms with Crippen LogP contribution < -0.4 is 10.2 Å². The van der Waals surface area contributed by atoms with E-state index >= 15 is 0 Å². The van der Waals surface area contributed by atoms with E-state index in [1.54, 1.807) is 0 Å². The molecule has 1 aliphatic heterocycles. The molecule has 3 heterocycles. The van der Waals surface area contributed by atoms with Crippen LogP contribution in [0.1, 0.15) is 5.56 Å². The monoisotopic (exact) mass is 396 g/mol. The maximum absolute atomic E-state index is 12.4. The number of carbonyl (C=O) groups excluding carboxylic acids is 1. The van der Waals surface area contributed by atoms with Crippen LogP contribution in [0.5, 0.6) is 0 Å². The van der Waals surface area contributed by atoms with E-state index in [9.17, 15) is 10.1 Å². The van der Waals surface area contributed by atoms with Crippen LogP contribution in [-0.2, 0) is 9.53 Å². The lowest BCUT2D eigenvalue weighted by atomic mass is 10.3. The first-order chi connectivity index (χ1) is 13.7. The number of nitrogens with zero attached hydrogens (tertiary/aromatic N) is 5. The SMILES string of the molecule is N#Cc1cnc(N2CCOCC2)nc1NC(=O)CSc1nc2ccccc2o1. The van der Waals surface area contributed by atoms with Crippen molar-refractivity contribution in [3.63, 3.8) is 0 Å². The van der Waals surface area contributed by atoms with Gasteiger partial charge in [-0.2, -0.15) is 10.2 Å². The van der Waals surface area contributed by atoms with Crippen LogP contribution in [0, 0.1) is 11.3 Å². The summed E-state index contributed by atoms with van der Waals surface area (Å²) >= 11 is 1.18. The Balaban J connectivity index is 1.43. The molecule has 0 atom stereocenters. The third kappa shape index (κ3) is 4.05. The highest BCUT2D eigenvalue weighted by Gasteiger charge is 2.17. The molecule has 2 aromatic heterocycles. The molecule has 0 aliphatic carbocycles. The van der Waals surface area contributed by atoms with Crippen LogP contribution in [0.25, 0.3) is 11.1 Å². The molecule has 1 aromatic carbocycles. The highest BCUT2D eigenvalue weighted by atomic mass is 32.2. The molecular weight excluding hydrogens is 380 g/mol. The van der Waals surface area contributed by atoms with Gasteiger partial charge in [0.1, 0.15) is 17.1 Å². The van der Waals surface area contributed by atoms with E-state index < -0.39 is 0 Å². The molecule has 0 spiro atoms. The Morgan fingerprint density at radius 1 is 1.29 bits per heavy atom. The minimum atomic E-state index is -0.310. The molecule has 0 radical (unpaired) electrons. The zero-order valence-electron chi connectivity index (χ0n) is 14.8. The number of rotatable bonds is 5. The van der Waals surface area contributed by atoms with Gasteiger partial charge in [-0.05, 0) is 12.1 Å². The molecule has 142 valence electrons. The number of para-hydroxylation sites is 2. The smallest absolute Gasteiger partial charge is 0.257 e. The molecule has 1 N–H and O–H groups in total. The van der Waals surface area contributed by atoms with E-state index in [4.69, 9.17) is 9.15 Å².